The van der Waals surface area contributed by atoms with E-state index in [2.05, 4.69) is 42.6 Å². The second kappa shape index (κ2) is 6.99. The monoisotopic (exact) mass is 263 g/mol. The molecular formula is C16H29N3. The lowest BCUT2D eigenvalue weighted by molar-refractivity contribution is 0.309. The van der Waals surface area contributed by atoms with Crippen molar-refractivity contribution in [2.45, 2.75) is 59.9 Å². The Hall–Kier alpha value is -0.960. The Bertz CT molecular complexity index is 397. The molecule has 0 spiro atoms. The van der Waals surface area contributed by atoms with Crippen molar-refractivity contribution >= 4 is 0 Å². The SMILES string of the molecule is CCC.CN(C)Cc1ncc2c(n1)CCC(C)(C)C2. The molecule has 0 fully saturated rings. The fourth-order valence-corrected chi connectivity index (χ4v) is 2.27. The highest BCUT2D eigenvalue weighted by molar-refractivity contribution is 5.22. The molecule has 3 heteroatoms. The van der Waals surface area contributed by atoms with Crippen molar-refractivity contribution in [1.82, 2.24) is 14.9 Å². The van der Waals surface area contributed by atoms with Crippen molar-refractivity contribution in [3.8, 4) is 0 Å². The molecule has 0 radical (unpaired) electrons. The standard InChI is InChI=1S/C13H21N3.C3H8/c1-13(2)6-5-11-10(7-13)8-14-12(15-11)9-16(3)4;1-3-2/h8H,5-7,9H2,1-4H3;3H2,1-2H3. The smallest absolute Gasteiger partial charge is 0.142 e. The molecule has 2 rings (SSSR count). The number of rotatable bonds is 2. The third kappa shape index (κ3) is 5.27. The summed E-state index contributed by atoms with van der Waals surface area (Å²) < 4.78 is 0. The number of aromatic nitrogens is 2. The Morgan fingerprint density at radius 1 is 1.26 bits per heavy atom. The molecule has 0 saturated heterocycles. The first-order valence-electron chi connectivity index (χ1n) is 7.36. The van der Waals surface area contributed by atoms with Gasteiger partial charge in [0.2, 0.25) is 0 Å². The summed E-state index contributed by atoms with van der Waals surface area (Å²) in [7, 11) is 4.10. The lowest BCUT2D eigenvalue weighted by Crippen LogP contribution is -2.24. The van der Waals surface area contributed by atoms with Crippen molar-refractivity contribution < 1.29 is 0 Å². The van der Waals surface area contributed by atoms with Gasteiger partial charge < -0.3 is 4.90 Å². The quantitative estimate of drug-likeness (QED) is 0.818. The Balaban J connectivity index is 0.000000550. The molecule has 3 nitrogen and oxygen atoms in total. The van der Waals surface area contributed by atoms with Crippen LogP contribution in [0.25, 0.3) is 0 Å². The van der Waals surface area contributed by atoms with Crippen LogP contribution in [0.4, 0.5) is 0 Å². The molecule has 1 aromatic heterocycles. The maximum absolute atomic E-state index is 4.67. The second-order valence-electron chi connectivity index (χ2n) is 6.54. The first-order chi connectivity index (χ1) is 8.88. The molecule has 0 N–H and O–H groups in total. The summed E-state index contributed by atoms with van der Waals surface area (Å²) in [5.41, 5.74) is 3.03. The molecule has 1 aliphatic rings. The molecule has 19 heavy (non-hydrogen) atoms. The minimum absolute atomic E-state index is 0.416. The number of aryl methyl sites for hydroxylation is 1. The zero-order chi connectivity index (χ0) is 14.5. The van der Waals surface area contributed by atoms with Crippen molar-refractivity contribution in [2.75, 3.05) is 14.1 Å². The predicted molar refractivity (Wildman–Crippen MR) is 81.2 cm³/mol. The van der Waals surface area contributed by atoms with Gasteiger partial charge in [-0.2, -0.15) is 0 Å². The average Bonchev–Trinajstić information content (AvgIpc) is 2.29. The molecule has 0 bridgehead atoms. The summed E-state index contributed by atoms with van der Waals surface area (Å²) in [6.45, 7) is 9.73. The fourth-order valence-electron chi connectivity index (χ4n) is 2.27. The van der Waals surface area contributed by atoms with Gasteiger partial charge in [0, 0.05) is 11.9 Å². The fraction of sp³-hybridized carbons (Fsp3) is 0.750. The van der Waals surface area contributed by atoms with E-state index in [1.807, 2.05) is 20.3 Å². The van der Waals surface area contributed by atoms with E-state index in [9.17, 15) is 0 Å². The molecule has 0 aliphatic heterocycles. The van der Waals surface area contributed by atoms with Crippen LogP contribution in [0.5, 0.6) is 0 Å². The van der Waals surface area contributed by atoms with E-state index >= 15 is 0 Å². The van der Waals surface area contributed by atoms with E-state index in [0.29, 0.717) is 5.41 Å². The van der Waals surface area contributed by atoms with Gasteiger partial charge in [-0.3, -0.25) is 0 Å². The molecule has 108 valence electrons. The first kappa shape index (κ1) is 16.1. The third-order valence-electron chi connectivity index (χ3n) is 3.17. The summed E-state index contributed by atoms with van der Waals surface area (Å²) in [4.78, 5) is 11.2. The van der Waals surface area contributed by atoms with E-state index in [0.717, 1.165) is 25.2 Å². The molecule has 0 aromatic carbocycles. The Morgan fingerprint density at radius 3 is 2.47 bits per heavy atom. The van der Waals surface area contributed by atoms with Gasteiger partial charge in [-0.05, 0) is 44.3 Å². The van der Waals surface area contributed by atoms with E-state index in [-0.39, 0.29) is 0 Å². The van der Waals surface area contributed by atoms with Crippen LogP contribution in [0, 0.1) is 5.41 Å². The van der Waals surface area contributed by atoms with Crippen molar-refractivity contribution in [3.63, 3.8) is 0 Å². The number of fused-ring (bicyclic) bond motifs is 1. The normalized spacial score (nSPS) is 16.6. The topological polar surface area (TPSA) is 29.0 Å². The third-order valence-corrected chi connectivity index (χ3v) is 3.17. The molecule has 1 aliphatic carbocycles. The summed E-state index contributed by atoms with van der Waals surface area (Å²) in [6.07, 6.45) is 6.73. The van der Waals surface area contributed by atoms with Crippen LogP contribution in [-0.2, 0) is 19.4 Å². The van der Waals surface area contributed by atoms with Crippen LogP contribution in [0.3, 0.4) is 0 Å². The van der Waals surface area contributed by atoms with E-state index < -0.39 is 0 Å². The van der Waals surface area contributed by atoms with Gasteiger partial charge in [0.05, 0.1) is 6.54 Å². The number of nitrogens with zero attached hydrogens (tertiary/aromatic N) is 3. The molecule has 0 amide bonds. The first-order valence-corrected chi connectivity index (χ1v) is 7.36. The zero-order valence-corrected chi connectivity index (χ0v) is 13.5. The Kier molecular flexibility index (Phi) is 5.92. The highest BCUT2D eigenvalue weighted by Gasteiger charge is 2.26. The summed E-state index contributed by atoms with van der Waals surface area (Å²) in [5, 5.41) is 0. The van der Waals surface area contributed by atoms with Crippen molar-refractivity contribution in [2.24, 2.45) is 5.41 Å². The van der Waals surface area contributed by atoms with Crippen LogP contribution in [0.1, 0.15) is 57.6 Å². The lowest BCUT2D eigenvalue weighted by atomic mass is 9.76. The largest absolute Gasteiger partial charge is 0.302 e. The summed E-state index contributed by atoms with van der Waals surface area (Å²) in [5.74, 6) is 0.948. The van der Waals surface area contributed by atoms with Crippen LogP contribution < -0.4 is 0 Å². The zero-order valence-electron chi connectivity index (χ0n) is 13.5. The van der Waals surface area contributed by atoms with Crippen LogP contribution in [0.2, 0.25) is 0 Å². The van der Waals surface area contributed by atoms with Crippen molar-refractivity contribution in [3.05, 3.63) is 23.3 Å². The number of hydrogen-bond acceptors (Lipinski definition) is 3. The highest BCUT2D eigenvalue weighted by Crippen LogP contribution is 2.33. The molecule has 0 saturated carbocycles. The van der Waals surface area contributed by atoms with E-state index in [4.69, 9.17) is 0 Å². The molecule has 1 heterocycles. The van der Waals surface area contributed by atoms with E-state index in [1.165, 1.54) is 24.1 Å². The maximum Gasteiger partial charge on any atom is 0.142 e. The minimum Gasteiger partial charge on any atom is -0.302 e. The van der Waals surface area contributed by atoms with Crippen LogP contribution in [0.15, 0.2) is 6.20 Å². The number of hydrogen-bond donors (Lipinski definition) is 0. The summed E-state index contributed by atoms with van der Waals surface area (Å²) >= 11 is 0. The van der Waals surface area contributed by atoms with Gasteiger partial charge in [0.1, 0.15) is 5.82 Å². The van der Waals surface area contributed by atoms with Crippen LogP contribution in [-0.4, -0.2) is 29.0 Å². The second-order valence-corrected chi connectivity index (χ2v) is 6.54. The summed E-state index contributed by atoms with van der Waals surface area (Å²) in [6, 6.07) is 0. The Labute approximate surface area is 118 Å². The van der Waals surface area contributed by atoms with E-state index in [1.54, 1.807) is 0 Å². The van der Waals surface area contributed by atoms with Crippen molar-refractivity contribution in [1.29, 1.82) is 0 Å². The highest BCUT2D eigenvalue weighted by atomic mass is 15.1. The predicted octanol–water partition coefficient (Wildman–Crippen LogP) is 3.47. The molecule has 0 unspecified atom stereocenters. The van der Waals surface area contributed by atoms with Crippen LogP contribution >= 0.6 is 0 Å². The minimum atomic E-state index is 0.416. The molecule has 1 aromatic rings. The van der Waals surface area contributed by atoms with Gasteiger partial charge in [-0.15, -0.1) is 0 Å². The van der Waals surface area contributed by atoms with Gasteiger partial charge >= 0.3 is 0 Å². The van der Waals surface area contributed by atoms with Gasteiger partial charge in [-0.25, -0.2) is 9.97 Å². The average molecular weight is 263 g/mol. The molecule has 0 atom stereocenters. The van der Waals surface area contributed by atoms with Gasteiger partial charge in [0.15, 0.2) is 0 Å². The van der Waals surface area contributed by atoms with Gasteiger partial charge in [0.25, 0.3) is 0 Å². The molecular weight excluding hydrogens is 234 g/mol. The lowest BCUT2D eigenvalue weighted by Gasteiger charge is -2.30. The van der Waals surface area contributed by atoms with Gasteiger partial charge in [-0.1, -0.05) is 34.1 Å². The Morgan fingerprint density at radius 2 is 1.89 bits per heavy atom. The maximum atomic E-state index is 4.67.